The fourth-order valence-corrected chi connectivity index (χ4v) is 3.73. The lowest BCUT2D eigenvalue weighted by Crippen LogP contribution is -2.47. The highest BCUT2D eigenvalue weighted by molar-refractivity contribution is 6.30. The summed E-state index contributed by atoms with van der Waals surface area (Å²) in [6.07, 6.45) is 1.71. The Balaban J connectivity index is 1.36. The van der Waals surface area contributed by atoms with Gasteiger partial charge in [0, 0.05) is 36.9 Å². The number of hydrogen-bond donors (Lipinski definition) is 3. The predicted octanol–water partition coefficient (Wildman–Crippen LogP) is 2.72. The second kappa shape index (κ2) is 9.53. The Morgan fingerprint density at radius 2 is 1.74 bits per heavy atom. The topological polar surface area (TPSA) is 99.4 Å². The van der Waals surface area contributed by atoms with Crippen molar-refractivity contribution >= 4 is 40.5 Å². The van der Waals surface area contributed by atoms with Crippen molar-refractivity contribution < 1.29 is 4.79 Å². The zero-order chi connectivity index (χ0) is 21.6. The number of nitrogen functional groups attached to an aromatic ring is 1. The molecule has 0 radical (unpaired) electrons. The van der Waals surface area contributed by atoms with E-state index in [1.807, 2.05) is 48.5 Å². The maximum atomic E-state index is 12.2. The van der Waals surface area contributed by atoms with E-state index in [0.717, 1.165) is 42.5 Å². The molecule has 8 nitrogen and oxygen atoms in total. The molecule has 31 heavy (non-hydrogen) atoms. The van der Waals surface area contributed by atoms with E-state index >= 15 is 0 Å². The summed E-state index contributed by atoms with van der Waals surface area (Å²) in [7, 11) is 0. The number of hydrazine groups is 1. The average Bonchev–Trinajstić information content (AvgIpc) is 2.79. The number of amides is 1. The molecule has 9 heteroatoms. The van der Waals surface area contributed by atoms with Crippen LogP contribution in [-0.4, -0.2) is 42.1 Å². The van der Waals surface area contributed by atoms with Crippen LogP contribution in [0, 0.1) is 0 Å². The van der Waals surface area contributed by atoms with Gasteiger partial charge in [-0.15, -0.1) is 0 Å². The summed E-state index contributed by atoms with van der Waals surface area (Å²) < 4.78 is 0. The van der Waals surface area contributed by atoms with Crippen molar-refractivity contribution in [3.8, 4) is 0 Å². The number of nitrogens with one attached hydrogen (secondary N) is 2. The number of aromatic nitrogens is 2. The average molecular weight is 438 g/mol. The first-order valence-corrected chi connectivity index (χ1v) is 10.4. The second-order valence-electron chi connectivity index (χ2n) is 7.25. The summed E-state index contributed by atoms with van der Waals surface area (Å²) in [6, 6.07) is 17.4. The van der Waals surface area contributed by atoms with E-state index in [-0.39, 0.29) is 12.3 Å². The van der Waals surface area contributed by atoms with E-state index in [1.165, 1.54) is 6.33 Å². The van der Waals surface area contributed by atoms with Crippen LogP contribution in [0.5, 0.6) is 0 Å². The SMILES string of the molecule is Nc1c(NNC(=O)Cc2ccccc2)ncnc1N1CCN(c2cccc(Cl)c2)CC1. The summed E-state index contributed by atoms with van der Waals surface area (Å²) in [5, 5.41) is 0.727. The molecule has 2 aromatic carbocycles. The lowest BCUT2D eigenvalue weighted by atomic mass is 10.1. The van der Waals surface area contributed by atoms with E-state index in [4.69, 9.17) is 17.3 Å². The molecule has 0 atom stereocenters. The molecule has 1 amide bonds. The van der Waals surface area contributed by atoms with Gasteiger partial charge in [0.05, 0.1) is 6.42 Å². The van der Waals surface area contributed by atoms with Gasteiger partial charge in [0.2, 0.25) is 5.91 Å². The van der Waals surface area contributed by atoms with Gasteiger partial charge in [-0.3, -0.25) is 15.6 Å². The molecule has 1 fully saturated rings. The highest BCUT2D eigenvalue weighted by Gasteiger charge is 2.21. The third-order valence-corrected chi connectivity index (χ3v) is 5.38. The zero-order valence-electron chi connectivity index (χ0n) is 17.0. The van der Waals surface area contributed by atoms with Crippen molar-refractivity contribution in [1.82, 2.24) is 15.4 Å². The highest BCUT2D eigenvalue weighted by Crippen LogP contribution is 2.28. The number of piperazine rings is 1. The minimum atomic E-state index is -0.180. The molecule has 0 saturated carbocycles. The van der Waals surface area contributed by atoms with Crippen molar-refractivity contribution in [2.24, 2.45) is 0 Å². The standard InChI is InChI=1S/C22H24ClN7O/c23-17-7-4-8-18(14-17)29-9-11-30(12-10-29)22-20(24)21(25-15-26-22)28-27-19(31)13-16-5-2-1-3-6-16/h1-8,14-15H,9-13,24H2,(H,27,31)(H,25,26,28). The van der Waals surface area contributed by atoms with E-state index in [2.05, 4.69) is 36.7 Å². The molecular weight excluding hydrogens is 414 g/mol. The lowest BCUT2D eigenvalue weighted by Gasteiger charge is -2.37. The summed E-state index contributed by atoms with van der Waals surface area (Å²) in [4.78, 5) is 25.1. The van der Waals surface area contributed by atoms with Crippen LogP contribution in [0.2, 0.25) is 5.02 Å². The van der Waals surface area contributed by atoms with Crippen LogP contribution in [0.15, 0.2) is 60.9 Å². The van der Waals surface area contributed by atoms with Gasteiger partial charge >= 0.3 is 0 Å². The van der Waals surface area contributed by atoms with E-state index in [9.17, 15) is 4.79 Å². The first kappa shape index (κ1) is 20.7. The highest BCUT2D eigenvalue weighted by atomic mass is 35.5. The van der Waals surface area contributed by atoms with Crippen LogP contribution in [0.4, 0.5) is 23.0 Å². The summed E-state index contributed by atoms with van der Waals surface area (Å²) in [5.41, 5.74) is 14.2. The van der Waals surface area contributed by atoms with Gasteiger partial charge in [0.1, 0.15) is 12.0 Å². The molecule has 1 aromatic heterocycles. The normalized spacial score (nSPS) is 13.7. The molecular formula is C22H24ClN7O. The third-order valence-electron chi connectivity index (χ3n) is 5.14. The van der Waals surface area contributed by atoms with Crippen LogP contribution in [0.25, 0.3) is 0 Å². The van der Waals surface area contributed by atoms with Crippen LogP contribution in [0.1, 0.15) is 5.56 Å². The molecule has 3 aromatic rings. The summed E-state index contributed by atoms with van der Waals surface area (Å²) in [5.74, 6) is 0.852. The Hall–Kier alpha value is -3.52. The molecule has 1 saturated heterocycles. The van der Waals surface area contributed by atoms with Crippen molar-refractivity contribution in [2.75, 3.05) is 47.1 Å². The minimum Gasteiger partial charge on any atom is -0.393 e. The number of carbonyl (C=O) groups excluding carboxylic acids is 1. The summed E-state index contributed by atoms with van der Waals surface area (Å²) >= 11 is 6.12. The maximum Gasteiger partial charge on any atom is 0.242 e. The van der Waals surface area contributed by atoms with Gasteiger partial charge in [0.15, 0.2) is 11.6 Å². The van der Waals surface area contributed by atoms with Gasteiger partial charge in [-0.1, -0.05) is 48.0 Å². The van der Waals surface area contributed by atoms with Crippen molar-refractivity contribution in [3.63, 3.8) is 0 Å². The van der Waals surface area contributed by atoms with Crippen LogP contribution in [-0.2, 0) is 11.2 Å². The van der Waals surface area contributed by atoms with E-state index < -0.39 is 0 Å². The van der Waals surface area contributed by atoms with Gasteiger partial charge < -0.3 is 15.5 Å². The third kappa shape index (κ3) is 5.16. The molecule has 4 rings (SSSR count). The molecule has 160 valence electrons. The molecule has 0 unspecified atom stereocenters. The van der Waals surface area contributed by atoms with Crippen LogP contribution in [0.3, 0.4) is 0 Å². The number of carbonyl (C=O) groups is 1. The summed E-state index contributed by atoms with van der Waals surface area (Å²) in [6.45, 7) is 3.15. The van der Waals surface area contributed by atoms with Crippen LogP contribution >= 0.6 is 11.6 Å². The Labute approximate surface area is 186 Å². The monoisotopic (exact) mass is 437 g/mol. The maximum absolute atomic E-state index is 12.2. The smallest absolute Gasteiger partial charge is 0.242 e. The van der Waals surface area contributed by atoms with Crippen LogP contribution < -0.4 is 26.4 Å². The molecule has 0 aliphatic carbocycles. The van der Waals surface area contributed by atoms with E-state index in [0.29, 0.717) is 17.3 Å². The fraction of sp³-hybridized carbons (Fsp3) is 0.227. The zero-order valence-corrected chi connectivity index (χ0v) is 17.7. The molecule has 0 spiro atoms. The number of nitrogens with two attached hydrogens (primary N) is 1. The first-order chi connectivity index (χ1) is 15.1. The molecule has 4 N–H and O–H groups in total. The number of anilines is 4. The van der Waals surface area contributed by atoms with Gasteiger partial charge in [0.25, 0.3) is 0 Å². The number of rotatable bonds is 6. The van der Waals surface area contributed by atoms with Crippen molar-refractivity contribution in [1.29, 1.82) is 0 Å². The molecule has 2 heterocycles. The van der Waals surface area contributed by atoms with E-state index in [1.54, 1.807) is 0 Å². The van der Waals surface area contributed by atoms with Crippen molar-refractivity contribution in [3.05, 3.63) is 71.5 Å². The minimum absolute atomic E-state index is 0.180. The van der Waals surface area contributed by atoms with Gasteiger partial charge in [-0.2, -0.15) is 0 Å². The molecule has 1 aliphatic rings. The quantitative estimate of drug-likeness (QED) is 0.510. The Bertz CT molecular complexity index is 1040. The lowest BCUT2D eigenvalue weighted by molar-refractivity contribution is -0.119. The second-order valence-corrected chi connectivity index (χ2v) is 7.69. The van der Waals surface area contributed by atoms with Gasteiger partial charge in [-0.25, -0.2) is 9.97 Å². The molecule has 1 aliphatic heterocycles. The number of nitrogens with zero attached hydrogens (tertiary/aromatic N) is 4. The van der Waals surface area contributed by atoms with Crippen molar-refractivity contribution in [2.45, 2.75) is 6.42 Å². The largest absolute Gasteiger partial charge is 0.393 e. The number of benzene rings is 2. The fourth-order valence-electron chi connectivity index (χ4n) is 3.54. The Kier molecular flexibility index (Phi) is 6.37. The predicted molar refractivity (Wildman–Crippen MR) is 124 cm³/mol. The number of halogens is 1. The van der Waals surface area contributed by atoms with Gasteiger partial charge in [-0.05, 0) is 23.8 Å². The Morgan fingerprint density at radius 3 is 2.48 bits per heavy atom. The Morgan fingerprint density at radius 1 is 1.00 bits per heavy atom. The molecule has 0 bridgehead atoms. The number of hydrogen-bond acceptors (Lipinski definition) is 7. The first-order valence-electron chi connectivity index (χ1n) is 10.0.